The van der Waals surface area contributed by atoms with Gasteiger partial charge in [0.25, 0.3) is 0 Å². The van der Waals surface area contributed by atoms with Crippen molar-refractivity contribution >= 4 is 28.4 Å². The van der Waals surface area contributed by atoms with Crippen LogP contribution in [0.15, 0.2) is 65.7 Å². The Kier molecular flexibility index (Phi) is 6.07. The maximum atomic E-state index is 12.4. The molecule has 124 valence electrons. The van der Waals surface area contributed by atoms with Crippen LogP contribution in [0.5, 0.6) is 0 Å². The topological polar surface area (TPSA) is 32.7 Å². The monoisotopic (exact) mass is 338 g/mol. The molecule has 24 heavy (non-hydrogen) atoms. The summed E-state index contributed by atoms with van der Waals surface area (Å²) in [4.78, 5) is 19.5. The number of amidine groups is 1. The molecular weight excluding hydrogens is 316 g/mol. The van der Waals surface area contributed by atoms with Crippen LogP contribution in [0.2, 0.25) is 0 Å². The molecule has 0 radical (unpaired) electrons. The highest BCUT2D eigenvalue weighted by Gasteiger charge is 2.17. The molecule has 0 bridgehead atoms. The zero-order valence-electron chi connectivity index (χ0n) is 13.7. The van der Waals surface area contributed by atoms with Gasteiger partial charge in [0, 0.05) is 18.7 Å². The van der Waals surface area contributed by atoms with Gasteiger partial charge in [0.15, 0.2) is 11.0 Å². The molecule has 3 rings (SSSR count). The summed E-state index contributed by atoms with van der Waals surface area (Å²) in [6.07, 6.45) is 3.67. The molecule has 0 aliphatic carbocycles. The second kappa shape index (κ2) is 8.69. The van der Waals surface area contributed by atoms with Crippen molar-refractivity contribution in [2.45, 2.75) is 19.3 Å². The van der Waals surface area contributed by atoms with E-state index >= 15 is 0 Å². The van der Waals surface area contributed by atoms with Crippen molar-refractivity contribution in [1.29, 1.82) is 0 Å². The summed E-state index contributed by atoms with van der Waals surface area (Å²) in [5, 5.41) is 0.963. The number of para-hydroxylation sites is 1. The first-order valence-corrected chi connectivity index (χ1v) is 9.41. The van der Waals surface area contributed by atoms with Gasteiger partial charge in [-0.25, -0.2) is 4.99 Å². The van der Waals surface area contributed by atoms with Gasteiger partial charge in [-0.3, -0.25) is 4.79 Å². The van der Waals surface area contributed by atoms with E-state index in [4.69, 9.17) is 4.99 Å². The van der Waals surface area contributed by atoms with Crippen molar-refractivity contribution in [2.75, 3.05) is 18.8 Å². The molecule has 0 atom stereocenters. The maximum Gasteiger partial charge on any atom is 0.173 e. The Labute approximate surface area is 147 Å². The molecule has 3 nitrogen and oxygen atoms in total. The van der Waals surface area contributed by atoms with Crippen molar-refractivity contribution in [1.82, 2.24) is 4.90 Å². The SMILES string of the molecule is O=C(CSC(=Nc1ccccc1)N1CCCCC1)c1ccccc1. The minimum absolute atomic E-state index is 0.151. The molecule has 0 amide bonds. The molecule has 2 aromatic carbocycles. The predicted molar refractivity (Wildman–Crippen MR) is 102 cm³/mol. The number of carbonyl (C=O) groups is 1. The van der Waals surface area contributed by atoms with Crippen molar-refractivity contribution in [3.05, 3.63) is 66.2 Å². The normalized spacial score (nSPS) is 15.3. The highest BCUT2D eigenvalue weighted by atomic mass is 32.2. The van der Waals surface area contributed by atoms with E-state index in [2.05, 4.69) is 4.90 Å². The first kappa shape index (κ1) is 16.8. The largest absolute Gasteiger partial charge is 0.351 e. The molecule has 0 saturated carbocycles. The van der Waals surface area contributed by atoms with Crippen molar-refractivity contribution in [3.8, 4) is 0 Å². The van der Waals surface area contributed by atoms with Gasteiger partial charge in [-0.1, -0.05) is 60.3 Å². The number of hydrogen-bond acceptors (Lipinski definition) is 3. The van der Waals surface area contributed by atoms with Crippen LogP contribution in [0.4, 0.5) is 5.69 Å². The number of benzene rings is 2. The molecule has 1 aliphatic rings. The van der Waals surface area contributed by atoms with Gasteiger partial charge in [0.05, 0.1) is 11.4 Å². The van der Waals surface area contributed by atoms with E-state index in [0.29, 0.717) is 5.75 Å². The minimum atomic E-state index is 0.151. The predicted octanol–water partition coefficient (Wildman–Crippen LogP) is 4.78. The summed E-state index contributed by atoms with van der Waals surface area (Å²) in [6, 6.07) is 19.5. The number of nitrogens with zero attached hydrogens (tertiary/aromatic N) is 2. The molecular formula is C20H22N2OS. The molecule has 0 unspecified atom stereocenters. The van der Waals surface area contributed by atoms with Gasteiger partial charge in [-0.15, -0.1) is 0 Å². The lowest BCUT2D eigenvalue weighted by Crippen LogP contribution is -2.34. The molecule has 0 N–H and O–H groups in total. The van der Waals surface area contributed by atoms with Crippen molar-refractivity contribution in [3.63, 3.8) is 0 Å². The van der Waals surface area contributed by atoms with Gasteiger partial charge >= 0.3 is 0 Å². The lowest BCUT2D eigenvalue weighted by atomic mass is 10.1. The number of rotatable bonds is 4. The van der Waals surface area contributed by atoms with E-state index < -0.39 is 0 Å². The lowest BCUT2D eigenvalue weighted by molar-refractivity contribution is 0.102. The Balaban J connectivity index is 1.72. The fourth-order valence-corrected chi connectivity index (χ4v) is 3.69. The number of hydrogen-bond donors (Lipinski definition) is 0. The molecule has 0 spiro atoms. The van der Waals surface area contributed by atoms with E-state index in [9.17, 15) is 4.79 Å². The fraction of sp³-hybridized carbons (Fsp3) is 0.300. The van der Waals surface area contributed by atoms with Crippen LogP contribution in [-0.4, -0.2) is 34.7 Å². The number of carbonyl (C=O) groups excluding carboxylic acids is 1. The summed E-state index contributed by atoms with van der Waals surface area (Å²) in [5.41, 5.74) is 1.71. The second-order valence-electron chi connectivity index (χ2n) is 5.86. The smallest absolute Gasteiger partial charge is 0.173 e. The summed E-state index contributed by atoms with van der Waals surface area (Å²) in [5.74, 6) is 0.574. The molecule has 2 aromatic rings. The fourth-order valence-electron chi connectivity index (χ4n) is 2.73. The van der Waals surface area contributed by atoms with Gasteiger partial charge in [0.2, 0.25) is 0 Å². The van der Waals surface area contributed by atoms with Gasteiger partial charge in [-0.05, 0) is 31.4 Å². The van der Waals surface area contributed by atoms with Crippen LogP contribution >= 0.6 is 11.8 Å². The average molecular weight is 338 g/mol. The molecule has 1 fully saturated rings. The number of thioether (sulfide) groups is 1. The number of ketones is 1. The highest BCUT2D eigenvalue weighted by molar-refractivity contribution is 8.14. The summed E-state index contributed by atoms with van der Waals surface area (Å²) in [7, 11) is 0. The van der Waals surface area contributed by atoms with Gasteiger partial charge in [-0.2, -0.15) is 0 Å². The highest BCUT2D eigenvalue weighted by Crippen LogP contribution is 2.21. The quantitative estimate of drug-likeness (QED) is 0.457. The molecule has 1 aliphatic heterocycles. The second-order valence-corrected chi connectivity index (χ2v) is 6.80. The van der Waals surface area contributed by atoms with E-state index in [0.717, 1.165) is 29.5 Å². The van der Waals surface area contributed by atoms with E-state index in [-0.39, 0.29) is 5.78 Å². The maximum absolute atomic E-state index is 12.4. The van der Waals surface area contributed by atoms with Crippen LogP contribution in [-0.2, 0) is 0 Å². The molecule has 4 heteroatoms. The number of likely N-dealkylation sites (tertiary alicyclic amines) is 1. The minimum Gasteiger partial charge on any atom is -0.351 e. The number of aliphatic imine (C=N–C) groups is 1. The Morgan fingerprint density at radius 2 is 1.54 bits per heavy atom. The van der Waals surface area contributed by atoms with E-state index in [1.807, 2.05) is 60.7 Å². The third kappa shape index (κ3) is 4.71. The third-order valence-electron chi connectivity index (χ3n) is 4.04. The third-order valence-corrected chi connectivity index (χ3v) is 5.05. The summed E-state index contributed by atoms with van der Waals surface area (Å²) in [6.45, 7) is 2.05. The van der Waals surface area contributed by atoms with Crippen LogP contribution in [0.1, 0.15) is 29.6 Å². The van der Waals surface area contributed by atoms with E-state index in [1.165, 1.54) is 19.3 Å². The number of piperidine rings is 1. The van der Waals surface area contributed by atoms with Crippen LogP contribution in [0, 0.1) is 0 Å². The Morgan fingerprint density at radius 1 is 0.917 bits per heavy atom. The lowest BCUT2D eigenvalue weighted by Gasteiger charge is -2.29. The summed E-state index contributed by atoms with van der Waals surface area (Å²) >= 11 is 1.55. The Hall–Kier alpha value is -2.07. The van der Waals surface area contributed by atoms with Gasteiger partial charge < -0.3 is 4.90 Å². The molecule has 1 saturated heterocycles. The molecule has 0 aromatic heterocycles. The van der Waals surface area contributed by atoms with E-state index in [1.54, 1.807) is 11.8 Å². The van der Waals surface area contributed by atoms with Crippen LogP contribution in [0.3, 0.4) is 0 Å². The first-order valence-electron chi connectivity index (χ1n) is 8.43. The Morgan fingerprint density at radius 3 is 2.21 bits per heavy atom. The van der Waals surface area contributed by atoms with Crippen molar-refractivity contribution in [2.24, 2.45) is 4.99 Å². The summed E-state index contributed by atoms with van der Waals surface area (Å²) < 4.78 is 0. The zero-order chi connectivity index (χ0) is 16.6. The van der Waals surface area contributed by atoms with Gasteiger partial charge in [0.1, 0.15) is 0 Å². The van der Waals surface area contributed by atoms with Crippen LogP contribution < -0.4 is 0 Å². The van der Waals surface area contributed by atoms with Crippen LogP contribution in [0.25, 0.3) is 0 Å². The standard InChI is InChI=1S/C20H22N2OS/c23-19(17-10-4-1-5-11-17)16-24-20(22-14-8-3-9-15-22)21-18-12-6-2-7-13-18/h1-2,4-7,10-13H,3,8-9,14-16H2. The first-order chi connectivity index (χ1) is 11.8. The molecule has 1 heterocycles. The average Bonchev–Trinajstić information content (AvgIpc) is 2.67. The number of Topliss-reactive ketones (excluding diaryl/α,β-unsaturated/α-hetero) is 1. The van der Waals surface area contributed by atoms with Crippen molar-refractivity contribution < 1.29 is 4.79 Å². The zero-order valence-corrected chi connectivity index (χ0v) is 14.5. The Bertz CT molecular complexity index is 679.